The molecule has 0 aromatic heterocycles. The molecule has 0 bridgehead atoms. The van der Waals surface area contributed by atoms with Crippen molar-refractivity contribution < 1.29 is 19.1 Å². The van der Waals surface area contributed by atoms with Crippen LogP contribution in [0, 0.1) is 0 Å². The van der Waals surface area contributed by atoms with Crippen LogP contribution < -0.4 is 20.1 Å². The van der Waals surface area contributed by atoms with Crippen molar-refractivity contribution in [2.45, 2.75) is 10.1 Å². The van der Waals surface area contributed by atoms with Crippen molar-refractivity contribution >= 4 is 35.0 Å². The molecule has 36 heavy (non-hydrogen) atoms. The molecule has 7 heteroatoms. The number of benzene rings is 4. The van der Waals surface area contributed by atoms with Crippen molar-refractivity contribution in [3.05, 3.63) is 115 Å². The van der Waals surface area contributed by atoms with Crippen LogP contribution in [-0.4, -0.2) is 25.5 Å². The van der Waals surface area contributed by atoms with E-state index in [1.54, 1.807) is 49.6 Å². The van der Waals surface area contributed by atoms with E-state index >= 15 is 0 Å². The second-order valence-electron chi connectivity index (χ2n) is 7.80. The van der Waals surface area contributed by atoms with E-state index in [4.69, 9.17) is 9.47 Å². The molecule has 0 saturated carbocycles. The molecule has 0 spiro atoms. The van der Waals surface area contributed by atoms with Crippen LogP contribution in [-0.2, 0) is 9.59 Å². The predicted molar refractivity (Wildman–Crippen MR) is 144 cm³/mol. The Balaban J connectivity index is 1.44. The summed E-state index contributed by atoms with van der Waals surface area (Å²) in [6, 6.07) is 33.4. The van der Waals surface area contributed by atoms with E-state index in [-0.39, 0.29) is 18.4 Å². The van der Waals surface area contributed by atoms with E-state index in [9.17, 15) is 9.59 Å². The number of carbonyl (C=O) groups is 2. The van der Waals surface area contributed by atoms with Crippen LogP contribution in [0.1, 0.15) is 10.8 Å². The van der Waals surface area contributed by atoms with E-state index in [0.717, 1.165) is 16.2 Å². The van der Waals surface area contributed by atoms with E-state index in [1.165, 1.54) is 11.8 Å². The zero-order chi connectivity index (χ0) is 25.2. The van der Waals surface area contributed by atoms with E-state index in [0.29, 0.717) is 17.1 Å². The first kappa shape index (κ1) is 24.9. The SMILES string of the molecule is COc1ccc(NC(=O)C(Sc2cccc(NC(=O)COc3ccccc3)c2)c2ccccc2)cc1. The molecule has 1 unspecified atom stereocenters. The van der Waals surface area contributed by atoms with Gasteiger partial charge < -0.3 is 20.1 Å². The Morgan fingerprint density at radius 2 is 1.44 bits per heavy atom. The summed E-state index contributed by atoms with van der Waals surface area (Å²) in [6.07, 6.45) is 0. The highest BCUT2D eigenvalue weighted by molar-refractivity contribution is 8.00. The number of thioether (sulfide) groups is 1. The molecule has 1 atom stereocenters. The molecule has 0 aliphatic heterocycles. The highest BCUT2D eigenvalue weighted by Crippen LogP contribution is 2.37. The summed E-state index contributed by atoms with van der Waals surface area (Å²) in [6.45, 7) is -0.0989. The fraction of sp³-hybridized carbons (Fsp3) is 0.103. The Bertz CT molecular complexity index is 1280. The molecule has 2 N–H and O–H groups in total. The molecule has 0 heterocycles. The van der Waals surface area contributed by atoms with Gasteiger partial charge in [0.05, 0.1) is 7.11 Å². The highest BCUT2D eigenvalue weighted by Gasteiger charge is 2.22. The molecule has 4 aromatic carbocycles. The number of nitrogens with one attached hydrogen (secondary N) is 2. The van der Waals surface area contributed by atoms with Gasteiger partial charge in [0.2, 0.25) is 5.91 Å². The monoisotopic (exact) mass is 498 g/mol. The van der Waals surface area contributed by atoms with E-state index in [1.807, 2.05) is 66.7 Å². The van der Waals surface area contributed by atoms with Crippen molar-refractivity contribution in [3.8, 4) is 11.5 Å². The predicted octanol–water partition coefficient (Wildman–Crippen LogP) is 6.18. The van der Waals surface area contributed by atoms with Crippen molar-refractivity contribution in [2.75, 3.05) is 24.4 Å². The number of amides is 2. The maximum Gasteiger partial charge on any atom is 0.262 e. The normalized spacial score (nSPS) is 11.2. The molecule has 0 fully saturated rings. The summed E-state index contributed by atoms with van der Waals surface area (Å²) in [5, 5.41) is 5.35. The van der Waals surface area contributed by atoms with Gasteiger partial charge in [0.1, 0.15) is 16.7 Å². The fourth-order valence-corrected chi connectivity index (χ4v) is 4.51. The first-order chi connectivity index (χ1) is 17.6. The fourth-order valence-electron chi connectivity index (χ4n) is 3.43. The lowest BCUT2D eigenvalue weighted by atomic mass is 10.1. The lowest BCUT2D eigenvalue weighted by molar-refractivity contribution is -0.118. The summed E-state index contributed by atoms with van der Waals surface area (Å²) in [5.74, 6) is 0.931. The average Bonchev–Trinajstić information content (AvgIpc) is 2.92. The third kappa shape index (κ3) is 7.13. The van der Waals surface area contributed by atoms with Crippen LogP contribution in [0.5, 0.6) is 11.5 Å². The molecule has 6 nitrogen and oxygen atoms in total. The Labute approximate surface area is 214 Å². The van der Waals surface area contributed by atoms with Gasteiger partial charge in [-0.2, -0.15) is 0 Å². The molecule has 0 aliphatic carbocycles. The topological polar surface area (TPSA) is 76.7 Å². The number of hydrogen-bond acceptors (Lipinski definition) is 5. The Morgan fingerprint density at radius 1 is 0.750 bits per heavy atom. The lowest BCUT2D eigenvalue weighted by Crippen LogP contribution is -2.20. The Hall–Kier alpha value is -4.23. The number of rotatable bonds is 10. The molecule has 4 rings (SSSR count). The highest BCUT2D eigenvalue weighted by atomic mass is 32.2. The van der Waals surface area contributed by atoms with Crippen LogP contribution >= 0.6 is 11.8 Å². The van der Waals surface area contributed by atoms with Gasteiger partial charge >= 0.3 is 0 Å². The minimum Gasteiger partial charge on any atom is -0.497 e. The standard InChI is InChI=1S/C29H26N2O4S/c1-34-24-17-15-22(16-18-24)31-29(33)28(21-9-4-2-5-10-21)36-26-14-8-11-23(19-26)30-27(32)20-35-25-12-6-3-7-13-25/h2-19,28H,20H2,1H3,(H,30,32)(H,31,33). The third-order valence-corrected chi connectivity index (χ3v) is 6.43. The summed E-state index contributed by atoms with van der Waals surface area (Å²) in [7, 11) is 1.60. The van der Waals surface area contributed by atoms with Gasteiger partial charge in [-0.3, -0.25) is 9.59 Å². The molecule has 4 aromatic rings. The molecule has 0 radical (unpaired) electrons. The first-order valence-electron chi connectivity index (χ1n) is 11.3. The van der Waals surface area contributed by atoms with Gasteiger partial charge in [-0.25, -0.2) is 0 Å². The van der Waals surface area contributed by atoms with Crippen molar-refractivity contribution in [1.82, 2.24) is 0 Å². The van der Waals surface area contributed by atoms with Crippen LogP contribution in [0.2, 0.25) is 0 Å². The minimum atomic E-state index is -0.499. The molecule has 2 amide bonds. The van der Waals surface area contributed by atoms with Crippen LogP contribution in [0.4, 0.5) is 11.4 Å². The van der Waals surface area contributed by atoms with Crippen molar-refractivity contribution in [2.24, 2.45) is 0 Å². The Kier molecular flexibility index (Phi) is 8.62. The second kappa shape index (κ2) is 12.5. The lowest BCUT2D eigenvalue weighted by Gasteiger charge is -2.18. The van der Waals surface area contributed by atoms with E-state index in [2.05, 4.69) is 10.6 Å². The quantitative estimate of drug-likeness (QED) is 0.255. The number of hydrogen-bond donors (Lipinski definition) is 2. The third-order valence-electron chi connectivity index (χ3n) is 5.18. The molecular weight excluding hydrogens is 472 g/mol. The summed E-state index contributed by atoms with van der Waals surface area (Å²) in [4.78, 5) is 26.5. The number of anilines is 2. The van der Waals surface area contributed by atoms with Gasteiger partial charge in [0, 0.05) is 16.3 Å². The smallest absolute Gasteiger partial charge is 0.262 e. The Morgan fingerprint density at radius 3 is 2.14 bits per heavy atom. The summed E-state index contributed by atoms with van der Waals surface area (Å²) < 4.78 is 10.7. The van der Waals surface area contributed by atoms with Gasteiger partial charge in [-0.15, -0.1) is 11.8 Å². The summed E-state index contributed by atoms with van der Waals surface area (Å²) >= 11 is 1.41. The molecule has 0 aliphatic rings. The van der Waals surface area contributed by atoms with Gasteiger partial charge in [0.15, 0.2) is 6.61 Å². The molecular formula is C29H26N2O4S. The first-order valence-corrected chi connectivity index (χ1v) is 12.2. The number of ether oxygens (including phenoxy) is 2. The van der Waals surface area contributed by atoms with Crippen molar-refractivity contribution in [3.63, 3.8) is 0 Å². The minimum absolute atomic E-state index is 0.0989. The zero-order valence-electron chi connectivity index (χ0n) is 19.7. The van der Waals surface area contributed by atoms with Gasteiger partial charge in [-0.1, -0.05) is 54.6 Å². The second-order valence-corrected chi connectivity index (χ2v) is 8.98. The van der Waals surface area contributed by atoms with Gasteiger partial charge in [0.25, 0.3) is 5.91 Å². The maximum atomic E-state index is 13.3. The molecule has 0 saturated heterocycles. The van der Waals surface area contributed by atoms with Crippen LogP contribution in [0.15, 0.2) is 114 Å². The molecule has 182 valence electrons. The largest absolute Gasteiger partial charge is 0.497 e. The van der Waals surface area contributed by atoms with Crippen LogP contribution in [0.25, 0.3) is 0 Å². The van der Waals surface area contributed by atoms with Gasteiger partial charge in [-0.05, 0) is 60.2 Å². The average molecular weight is 499 g/mol. The number of methoxy groups -OCH3 is 1. The van der Waals surface area contributed by atoms with Crippen LogP contribution in [0.3, 0.4) is 0 Å². The summed E-state index contributed by atoms with van der Waals surface area (Å²) in [5.41, 5.74) is 2.19. The zero-order valence-corrected chi connectivity index (χ0v) is 20.5. The van der Waals surface area contributed by atoms with E-state index < -0.39 is 5.25 Å². The number of para-hydroxylation sites is 1. The maximum absolute atomic E-state index is 13.3. The van der Waals surface area contributed by atoms with Crippen molar-refractivity contribution in [1.29, 1.82) is 0 Å². The number of carbonyl (C=O) groups excluding carboxylic acids is 2.